The average Bonchev–Trinajstić information content (AvgIpc) is 2.98. The molecule has 0 fully saturated rings. The fraction of sp³-hybridized carbons (Fsp3) is 0.462. The predicted octanol–water partition coefficient (Wildman–Crippen LogP) is 1.37. The topological polar surface area (TPSA) is 71.9 Å². The number of aromatic nitrogens is 1. The largest absolute Gasteiger partial charge is 0.461 e. The van der Waals surface area contributed by atoms with Crippen LogP contribution >= 0.6 is 0 Å². The van der Waals surface area contributed by atoms with Gasteiger partial charge in [-0.1, -0.05) is 5.16 Å². The zero-order valence-electron chi connectivity index (χ0n) is 11.1. The molecule has 0 bridgehead atoms. The number of hydrogen-bond acceptors (Lipinski definition) is 6. The normalized spacial score (nSPS) is 13.1. The van der Waals surface area contributed by atoms with Crippen LogP contribution in [0.5, 0.6) is 0 Å². The van der Waals surface area contributed by atoms with E-state index >= 15 is 0 Å². The molecule has 2 heterocycles. The second-order valence-corrected chi connectivity index (χ2v) is 4.47. The number of furan rings is 1. The summed E-state index contributed by atoms with van der Waals surface area (Å²) in [5.41, 5.74) is 0.790. The second-order valence-electron chi connectivity index (χ2n) is 4.47. The Hall–Kier alpha value is -1.63. The molecule has 1 N–H and O–H groups in total. The van der Waals surface area contributed by atoms with E-state index in [1.165, 1.54) is 0 Å². The third-order valence-electron chi connectivity index (χ3n) is 2.64. The van der Waals surface area contributed by atoms with Crippen molar-refractivity contribution >= 4 is 0 Å². The number of nitrogens with zero attached hydrogens (tertiary/aromatic N) is 2. The van der Waals surface area contributed by atoms with Gasteiger partial charge in [-0.15, -0.1) is 0 Å². The summed E-state index contributed by atoms with van der Waals surface area (Å²) in [6.07, 6.45) is 1.08. The second kappa shape index (κ2) is 6.51. The zero-order chi connectivity index (χ0) is 13.7. The molecule has 0 saturated heterocycles. The Morgan fingerprint density at radius 2 is 2.32 bits per heavy atom. The summed E-state index contributed by atoms with van der Waals surface area (Å²) >= 11 is 0. The summed E-state index contributed by atoms with van der Waals surface area (Å²) in [6.45, 7) is 1.42. The van der Waals surface area contributed by atoms with E-state index in [0.717, 1.165) is 5.69 Å². The van der Waals surface area contributed by atoms with Crippen molar-refractivity contribution in [2.24, 2.45) is 0 Å². The highest BCUT2D eigenvalue weighted by Gasteiger charge is 2.13. The number of aliphatic hydroxyl groups is 1. The van der Waals surface area contributed by atoms with Crippen LogP contribution in [-0.2, 0) is 11.3 Å². The van der Waals surface area contributed by atoms with Gasteiger partial charge >= 0.3 is 0 Å². The maximum absolute atomic E-state index is 9.63. The molecule has 0 radical (unpaired) electrons. The van der Waals surface area contributed by atoms with Crippen LogP contribution in [0.1, 0.15) is 5.69 Å². The Kier molecular flexibility index (Phi) is 4.73. The van der Waals surface area contributed by atoms with E-state index in [1.54, 1.807) is 19.4 Å². The lowest BCUT2D eigenvalue weighted by Gasteiger charge is -2.18. The van der Waals surface area contributed by atoms with E-state index in [0.29, 0.717) is 31.2 Å². The van der Waals surface area contributed by atoms with Crippen molar-refractivity contribution in [3.05, 3.63) is 30.2 Å². The molecule has 2 aromatic heterocycles. The van der Waals surface area contributed by atoms with Crippen LogP contribution < -0.4 is 0 Å². The van der Waals surface area contributed by atoms with Crippen LogP contribution in [0.25, 0.3) is 11.5 Å². The molecule has 2 rings (SSSR count). The Balaban J connectivity index is 1.89. The van der Waals surface area contributed by atoms with E-state index in [9.17, 15) is 5.11 Å². The first kappa shape index (κ1) is 13.8. The lowest BCUT2D eigenvalue weighted by molar-refractivity contribution is 0.0415. The van der Waals surface area contributed by atoms with Gasteiger partial charge < -0.3 is 18.8 Å². The molecule has 0 saturated carbocycles. The number of likely N-dealkylation sites (N-methyl/N-ethyl adjacent to an activating group) is 1. The van der Waals surface area contributed by atoms with E-state index in [4.69, 9.17) is 13.7 Å². The van der Waals surface area contributed by atoms with Crippen molar-refractivity contribution in [2.45, 2.75) is 12.6 Å². The van der Waals surface area contributed by atoms with Crippen LogP contribution in [0.15, 0.2) is 33.4 Å². The van der Waals surface area contributed by atoms with Crippen LogP contribution in [0, 0.1) is 0 Å². The molecule has 6 nitrogen and oxygen atoms in total. The predicted molar refractivity (Wildman–Crippen MR) is 68.4 cm³/mol. The lowest BCUT2D eigenvalue weighted by Crippen LogP contribution is -2.31. The van der Waals surface area contributed by atoms with Gasteiger partial charge in [0.15, 0.2) is 5.76 Å². The van der Waals surface area contributed by atoms with Crippen LogP contribution in [-0.4, -0.2) is 48.6 Å². The fourth-order valence-electron chi connectivity index (χ4n) is 1.87. The van der Waals surface area contributed by atoms with E-state index < -0.39 is 6.10 Å². The van der Waals surface area contributed by atoms with Crippen molar-refractivity contribution < 1.29 is 18.8 Å². The number of hydrogen-bond donors (Lipinski definition) is 1. The van der Waals surface area contributed by atoms with E-state index in [2.05, 4.69) is 5.16 Å². The van der Waals surface area contributed by atoms with Crippen LogP contribution in [0.4, 0.5) is 0 Å². The van der Waals surface area contributed by atoms with Gasteiger partial charge in [0.2, 0.25) is 5.76 Å². The van der Waals surface area contributed by atoms with Gasteiger partial charge in [0.25, 0.3) is 0 Å². The molecule has 0 spiro atoms. The van der Waals surface area contributed by atoms with Gasteiger partial charge in [-0.05, 0) is 19.2 Å². The molecule has 0 aliphatic rings. The Labute approximate surface area is 111 Å². The maximum atomic E-state index is 9.63. The van der Waals surface area contributed by atoms with Crippen molar-refractivity contribution in [1.29, 1.82) is 0 Å². The number of aliphatic hydroxyl groups excluding tert-OH is 1. The van der Waals surface area contributed by atoms with Crippen LogP contribution in [0.2, 0.25) is 0 Å². The molecular formula is C13H18N2O4. The zero-order valence-corrected chi connectivity index (χ0v) is 11.1. The van der Waals surface area contributed by atoms with E-state index in [-0.39, 0.29) is 0 Å². The minimum Gasteiger partial charge on any atom is -0.461 e. The van der Waals surface area contributed by atoms with Gasteiger partial charge in [0.1, 0.15) is 0 Å². The first-order valence-electron chi connectivity index (χ1n) is 6.04. The minimum atomic E-state index is -0.508. The molecule has 6 heteroatoms. The van der Waals surface area contributed by atoms with Crippen molar-refractivity contribution in [3.63, 3.8) is 0 Å². The van der Waals surface area contributed by atoms with Gasteiger partial charge in [-0.25, -0.2) is 0 Å². The molecular weight excluding hydrogens is 248 g/mol. The third-order valence-corrected chi connectivity index (χ3v) is 2.64. The monoisotopic (exact) mass is 266 g/mol. The lowest BCUT2D eigenvalue weighted by atomic mass is 10.3. The third kappa shape index (κ3) is 3.92. The van der Waals surface area contributed by atoms with Gasteiger partial charge in [0, 0.05) is 26.3 Å². The highest BCUT2D eigenvalue weighted by molar-refractivity contribution is 5.49. The highest BCUT2D eigenvalue weighted by Crippen LogP contribution is 2.20. The summed E-state index contributed by atoms with van der Waals surface area (Å²) in [7, 11) is 3.47. The van der Waals surface area contributed by atoms with Gasteiger partial charge in [-0.3, -0.25) is 4.90 Å². The summed E-state index contributed by atoms with van der Waals surface area (Å²) in [4.78, 5) is 1.95. The van der Waals surface area contributed by atoms with E-state index in [1.807, 2.05) is 24.1 Å². The summed E-state index contributed by atoms with van der Waals surface area (Å²) in [5.74, 6) is 1.26. The van der Waals surface area contributed by atoms with Gasteiger partial charge in [0.05, 0.1) is 24.7 Å². The first-order valence-corrected chi connectivity index (χ1v) is 6.04. The molecule has 0 aliphatic carbocycles. The standard InChI is InChI=1S/C13H18N2O4/c1-15(8-11(16)9-17-2)7-10-6-13(19-14-10)12-4-3-5-18-12/h3-6,11,16H,7-9H2,1-2H3. The summed E-state index contributed by atoms with van der Waals surface area (Å²) < 4.78 is 15.3. The molecule has 0 amide bonds. The minimum absolute atomic E-state index is 0.320. The molecule has 104 valence electrons. The maximum Gasteiger partial charge on any atom is 0.202 e. The Morgan fingerprint density at radius 3 is 3.00 bits per heavy atom. The van der Waals surface area contributed by atoms with Crippen LogP contribution in [0.3, 0.4) is 0 Å². The number of rotatable bonds is 7. The fourth-order valence-corrected chi connectivity index (χ4v) is 1.87. The smallest absolute Gasteiger partial charge is 0.202 e. The first-order chi connectivity index (χ1) is 9.19. The number of methoxy groups -OCH3 is 1. The summed E-state index contributed by atoms with van der Waals surface area (Å²) in [5, 5.41) is 13.6. The van der Waals surface area contributed by atoms with Crippen molar-refractivity contribution in [1.82, 2.24) is 10.1 Å². The van der Waals surface area contributed by atoms with Crippen molar-refractivity contribution in [2.75, 3.05) is 27.3 Å². The molecule has 0 aromatic carbocycles. The molecule has 1 atom stereocenters. The molecule has 19 heavy (non-hydrogen) atoms. The highest BCUT2D eigenvalue weighted by atomic mass is 16.5. The molecule has 0 aliphatic heterocycles. The quantitative estimate of drug-likeness (QED) is 0.816. The average molecular weight is 266 g/mol. The molecule has 2 aromatic rings. The molecule has 1 unspecified atom stereocenters. The SMILES string of the molecule is COCC(O)CN(C)Cc1cc(-c2ccco2)on1. The number of ether oxygens (including phenoxy) is 1. The van der Waals surface area contributed by atoms with Crippen molar-refractivity contribution in [3.8, 4) is 11.5 Å². The van der Waals surface area contributed by atoms with Gasteiger partial charge in [-0.2, -0.15) is 0 Å². The summed E-state index contributed by atoms with van der Waals surface area (Å²) in [6, 6.07) is 5.44. The Bertz CT molecular complexity index is 481. The Morgan fingerprint density at radius 1 is 1.47 bits per heavy atom.